The summed E-state index contributed by atoms with van der Waals surface area (Å²) >= 11 is 14.1. The number of fused-ring (bicyclic) bond motifs is 2. The number of ether oxygens (including phenoxy) is 1. The van der Waals surface area contributed by atoms with E-state index in [2.05, 4.69) is 5.10 Å². The molecule has 2 amide bonds. The smallest absolute Gasteiger partial charge is 0.350 e. The number of halogens is 2. The van der Waals surface area contributed by atoms with E-state index < -0.39 is 0 Å². The molecular formula is C37H29Cl2N5O4. The van der Waals surface area contributed by atoms with Gasteiger partial charge in [-0.05, 0) is 43.2 Å². The Bertz CT molecular complexity index is 2280. The predicted octanol–water partition coefficient (Wildman–Crippen LogP) is 7.46. The minimum atomic E-state index is -0.339. The van der Waals surface area contributed by atoms with Crippen LogP contribution in [0.3, 0.4) is 0 Å². The molecule has 6 aromatic rings. The SMILES string of the molecule is CCc1ccc(-c2cccc(-c3cccc(-c4ccc5nn(CCCN6C(=O)c7ccccc7C6=O)c(=O)n5c4)c3Cl)c2Cl)nc1OC. The lowest BCUT2D eigenvalue weighted by molar-refractivity contribution is 0.0650. The fourth-order valence-electron chi connectivity index (χ4n) is 6.11. The first-order chi connectivity index (χ1) is 23.3. The number of methoxy groups -OCH3 is 1. The van der Waals surface area contributed by atoms with Crippen molar-refractivity contribution in [1.82, 2.24) is 24.1 Å². The maximum absolute atomic E-state index is 13.4. The van der Waals surface area contributed by atoms with E-state index in [-0.39, 0.29) is 30.6 Å². The first-order valence-electron chi connectivity index (χ1n) is 15.5. The van der Waals surface area contributed by atoms with Crippen molar-refractivity contribution in [3.8, 4) is 39.4 Å². The van der Waals surface area contributed by atoms with Gasteiger partial charge in [-0.1, -0.05) is 84.7 Å². The molecule has 0 aliphatic carbocycles. The van der Waals surface area contributed by atoms with Crippen LogP contribution in [0.4, 0.5) is 0 Å². The molecule has 0 atom stereocenters. The average Bonchev–Trinajstić information content (AvgIpc) is 3.56. The van der Waals surface area contributed by atoms with E-state index in [1.807, 2.05) is 61.5 Å². The van der Waals surface area contributed by atoms with E-state index in [4.69, 9.17) is 32.9 Å². The van der Waals surface area contributed by atoms with Gasteiger partial charge in [0.1, 0.15) is 0 Å². The Morgan fingerprint density at radius 3 is 2.00 bits per heavy atom. The van der Waals surface area contributed by atoms with Crippen molar-refractivity contribution in [2.45, 2.75) is 26.3 Å². The molecule has 3 aromatic carbocycles. The fraction of sp³-hybridized carbons (Fsp3) is 0.162. The molecule has 0 fully saturated rings. The summed E-state index contributed by atoms with van der Waals surface area (Å²) in [5.41, 5.74) is 6.28. The number of benzene rings is 3. The van der Waals surface area contributed by atoms with Gasteiger partial charge in [-0.2, -0.15) is 0 Å². The van der Waals surface area contributed by atoms with Crippen molar-refractivity contribution in [3.05, 3.63) is 128 Å². The molecule has 0 N–H and O–H groups in total. The lowest BCUT2D eigenvalue weighted by atomic mass is 9.97. The van der Waals surface area contributed by atoms with Gasteiger partial charge in [0.2, 0.25) is 5.88 Å². The standard InChI is InChI=1S/C37H29Cl2N5O4/c1-3-22-15-17-30(40-34(22)48-2)29-14-7-13-26(33(29)39)25-12-6-11-24(32(25)38)23-16-18-31-41-44(37(47)43(31)21-23)20-8-19-42-35(45)27-9-4-5-10-28(27)36(42)46/h4-7,9-18,21H,3,8,19-20H2,1-2H3. The topological polar surface area (TPSA) is 98.8 Å². The first-order valence-corrected chi connectivity index (χ1v) is 16.2. The number of amides is 2. The summed E-state index contributed by atoms with van der Waals surface area (Å²) in [7, 11) is 1.60. The molecule has 11 heteroatoms. The Balaban J connectivity index is 1.15. The molecule has 3 aromatic heterocycles. The molecule has 7 rings (SSSR count). The Kier molecular flexibility index (Phi) is 8.33. The highest BCUT2D eigenvalue weighted by atomic mass is 35.5. The highest BCUT2D eigenvalue weighted by molar-refractivity contribution is 6.39. The van der Waals surface area contributed by atoms with Crippen molar-refractivity contribution < 1.29 is 14.3 Å². The van der Waals surface area contributed by atoms with Gasteiger partial charge in [-0.3, -0.25) is 14.5 Å². The van der Waals surface area contributed by atoms with Crippen LogP contribution in [-0.4, -0.2) is 49.5 Å². The zero-order valence-electron chi connectivity index (χ0n) is 26.1. The number of imide groups is 1. The predicted molar refractivity (Wildman–Crippen MR) is 186 cm³/mol. The average molecular weight is 679 g/mol. The van der Waals surface area contributed by atoms with Crippen LogP contribution in [0.25, 0.3) is 39.2 Å². The number of aromatic nitrogens is 4. The van der Waals surface area contributed by atoms with Gasteiger partial charge >= 0.3 is 5.69 Å². The molecule has 0 saturated carbocycles. The van der Waals surface area contributed by atoms with E-state index in [1.54, 1.807) is 43.6 Å². The Labute approximate surface area is 285 Å². The number of hydrogen-bond acceptors (Lipinski definition) is 6. The van der Waals surface area contributed by atoms with Gasteiger partial charge in [0, 0.05) is 52.7 Å². The summed E-state index contributed by atoms with van der Waals surface area (Å²) in [6, 6.07) is 25.7. The second-order valence-corrected chi connectivity index (χ2v) is 12.1. The molecule has 0 unspecified atom stereocenters. The number of rotatable bonds is 9. The van der Waals surface area contributed by atoms with Gasteiger partial charge in [0.25, 0.3) is 11.8 Å². The lowest BCUT2D eigenvalue weighted by Gasteiger charge is -2.14. The Morgan fingerprint density at radius 1 is 0.708 bits per heavy atom. The third-order valence-corrected chi connectivity index (χ3v) is 9.41. The molecule has 0 spiro atoms. The highest BCUT2D eigenvalue weighted by Gasteiger charge is 2.34. The van der Waals surface area contributed by atoms with E-state index in [0.29, 0.717) is 44.8 Å². The Hall–Kier alpha value is -5.25. The van der Waals surface area contributed by atoms with Crippen LogP contribution in [0.1, 0.15) is 39.6 Å². The molecule has 0 saturated heterocycles. The maximum atomic E-state index is 13.4. The van der Waals surface area contributed by atoms with Gasteiger partial charge in [0.05, 0.1) is 34.0 Å². The number of carbonyl (C=O) groups excluding carboxylic acids is 2. The normalized spacial score (nSPS) is 12.6. The van der Waals surface area contributed by atoms with Crippen molar-refractivity contribution in [1.29, 1.82) is 0 Å². The largest absolute Gasteiger partial charge is 0.481 e. The summed E-state index contributed by atoms with van der Waals surface area (Å²) in [6.07, 6.45) is 2.88. The summed E-state index contributed by atoms with van der Waals surface area (Å²) < 4.78 is 8.31. The van der Waals surface area contributed by atoms with Crippen LogP contribution in [0.15, 0.2) is 95.9 Å². The molecule has 0 bridgehead atoms. The summed E-state index contributed by atoms with van der Waals surface area (Å²) in [4.78, 5) is 44.7. The zero-order chi connectivity index (χ0) is 33.5. The Morgan fingerprint density at radius 2 is 1.33 bits per heavy atom. The minimum Gasteiger partial charge on any atom is -0.481 e. The number of pyridine rings is 2. The second kappa shape index (κ2) is 12.7. The van der Waals surface area contributed by atoms with Crippen LogP contribution in [0, 0.1) is 0 Å². The van der Waals surface area contributed by atoms with E-state index in [0.717, 1.165) is 39.8 Å². The van der Waals surface area contributed by atoms with Crippen molar-refractivity contribution >= 4 is 40.7 Å². The van der Waals surface area contributed by atoms with Crippen LogP contribution >= 0.6 is 23.2 Å². The highest BCUT2D eigenvalue weighted by Crippen LogP contribution is 2.42. The van der Waals surface area contributed by atoms with Crippen molar-refractivity contribution in [2.75, 3.05) is 13.7 Å². The summed E-state index contributed by atoms with van der Waals surface area (Å²) in [5, 5.41) is 5.44. The molecule has 1 aliphatic rings. The van der Waals surface area contributed by atoms with Crippen LogP contribution < -0.4 is 10.4 Å². The van der Waals surface area contributed by atoms with Crippen LogP contribution in [-0.2, 0) is 13.0 Å². The molecule has 48 heavy (non-hydrogen) atoms. The van der Waals surface area contributed by atoms with Gasteiger partial charge in [-0.25, -0.2) is 18.9 Å². The summed E-state index contributed by atoms with van der Waals surface area (Å²) in [5.74, 6) is -0.0808. The number of carbonyl (C=O) groups is 2. The molecule has 240 valence electrons. The first kappa shape index (κ1) is 31.4. The molecule has 4 heterocycles. The van der Waals surface area contributed by atoms with Crippen LogP contribution in [0.2, 0.25) is 10.0 Å². The molecule has 1 aliphatic heterocycles. The third-order valence-electron chi connectivity index (χ3n) is 8.59. The van der Waals surface area contributed by atoms with Gasteiger partial charge in [0.15, 0.2) is 5.65 Å². The quantitative estimate of drug-likeness (QED) is 0.147. The fourth-order valence-corrected chi connectivity index (χ4v) is 6.77. The minimum absolute atomic E-state index is 0.178. The van der Waals surface area contributed by atoms with Gasteiger partial charge < -0.3 is 4.74 Å². The number of aryl methyl sites for hydroxylation is 2. The summed E-state index contributed by atoms with van der Waals surface area (Å²) in [6.45, 7) is 2.46. The third kappa shape index (κ3) is 5.35. The lowest BCUT2D eigenvalue weighted by Crippen LogP contribution is -2.32. The zero-order valence-corrected chi connectivity index (χ0v) is 27.6. The van der Waals surface area contributed by atoms with Crippen molar-refractivity contribution in [3.63, 3.8) is 0 Å². The van der Waals surface area contributed by atoms with E-state index >= 15 is 0 Å². The van der Waals surface area contributed by atoms with E-state index in [9.17, 15) is 14.4 Å². The number of hydrogen-bond donors (Lipinski definition) is 0. The van der Waals surface area contributed by atoms with Gasteiger partial charge in [-0.15, -0.1) is 5.10 Å². The van der Waals surface area contributed by atoms with Crippen LogP contribution in [0.5, 0.6) is 5.88 Å². The second-order valence-electron chi connectivity index (χ2n) is 11.4. The van der Waals surface area contributed by atoms with E-state index in [1.165, 1.54) is 14.0 Å². The maximum Gasteiger partial charge on any atom is 0.350 e. The monoisotopic (exact) mass is 677 g/mol. The van der Waals surface area contributed by atoms with Crippen molar-refractivity contribution in [2.24, 2.45) is 0 Å². The molecular weight excluding hydrogens is 649 g/mol. The molecule has 0 radical (unpaired) electrons. The molecule has 9 nitrogen and oxygen atoms in total. The number of nitrogens with zero attached hydrogens (tertiary/aromatic N) is 5.